The van der Waals surface area contributed by atoms with Crippen LogP contribution in [0.15, 0.2) is 29.6 Å². The molecule has 2 fully saturated rings. The minimum atomic E-state index is -0.503. The SMILES string of the molecule is CC1=CC[C@@H](O)C(C)=C1c1nc(N2CC[C@@]3(CCO3)C2)cc2c(N)ncnc12. The zero-order valence-electron chi connectivity index (χ0n) is 16.3. The molecule has 7 nitrogen and oxygen atoms in total. The molecule has 2 aromatic heterocycles. The van der Waals surface area contributed by atoms with Crippen molar-refractivity contribution in [1.82, 2.24) is 15.0 Å². The zero-order chi connectivity index (χ0) is 19.5. The van der Waals surface area contributed by atoms with Crippen molar-refractivity contribution in [2.75, 3.05) is 30.3 Å². The molecule has 2 aromatic rings. The lowest BCUT2D eigenvalue weighted by Gasteiger charge is -2.38. The van der Waals surface area contributed by atoms with Crippen LogP contribution in [0.4, 0.5) is 11.6 Å². The van der Waals surface area contributed by atoms with Gasteiger partial charge in [0, 0.05) is 30.5 Å². The fraction of sp³-hybridized carbons (Fsp3) is 0.476. The van der Waals surface area contributed by atoms with Gasteiger partial charge in [-0.2, -0.15) is 0 Å². The summed E-state index contributed by atoms with van der Waals surface area (Å²) in [5, 5.41) is 11.2. The van der Waals surface area contributed by atoms with Crippen LogP contribution in [0.2, 0.25) is 0 Å². The van der Waals surface area contributed by atoms with Crippen LogP contribution >= 0.6 is 0 Å². The van der Waals surface area contributed by atoms with Crippen LogP contribution in [0.3, 0.4) is 0 Å². The lowest BCUT2D eigenvalue weighted by atomic mass is 9.87. The number of hydrogen-bond donors (Lipinski definition) is 2. The summed E-state index contributed by atoms with van der Waals surface area (Å²) in [5.41, 5.74) is 10.7. The molecule has 0 bridgehead atoms. The summed E-state index contributed by atoms with van der Waals surface area (Å²) in [6.45, 7) is 6.62. The number of anilines is 2. The van der Waals surface area contributed by atoms with Gasteiger partial charge in [-0.15, -0.1) is 0 Å². The van der Waals surface area contributed by atoms with Crippen LogP contribution in [0.25, 0.3) is 16.5 Å². The van der Waals surface area contributed by atoms with Gasteiger partial charge in [0.05, 0.1) is 24.0 Å². The summed E-state index contributed by atoms with van der Waals surface area (Å²) in [5.74, 6) is 1.31. The standard InChI is InChI=1S/C21H25N5O2/c1-12-3-4-15(27)13(2)17(12)19-18-14(20(22)24-11-23-18)9-16(25-19)26-7-5-21(10-26)6-8-28-21/h3,9,11,15,27H,4-8,10H2,1-2H3,(H2,22,23,24)/t15-,21-/m1/s1. The third kappa shape index (κ3) is 2.61. The van der Waals surface area contributed by atoms with Gasteiger partial charge < -0.3 is 20.5 Å². The molecule has 2 aliphatic heterocycles. The van der Waals surface area contributed by atoms with Gasteiger partial charge in [0.25, 0.3) is 0 Å². The van der Waals surface area contributed by atoms with Gasteiger partial charge in [-0.1, -0.05) is 6.08 Å². The Labute approximate surface area is 163 Å². The molecule has 2 atom stereocenters. The Bertz CT molecular complexity index is 1020. The Balaban J connectivity index is 1.69. The van der Waals surface area contributed by atoms with Crippen molar-refractivity contribution >= 4 is 28.1 Å². The monoisotopic (exact) mass is 379 g/mol. The van der Waals surface area contributed by atoms with Crippen molar-refractivity contribution in [3.05, 3.63) is 35.3 Å². The Kier molecular flexibility index (Phi) is 3.93. The quantitative estimate of drug-likeness (QED) is 0.827. The third-order valence-corrected chi connectivity index (χ3v) is 6.42. The highest BCUT2D eigenvalue weighted by molar-refractivity contribution is 5.99. The van der Waals surface area contributed by atoms with E-state index in [0.29, 0.717) is 12.2 Å². The number of hydrogen-bond acceptors (Lipinski definition) is 7. The first-order valence-electron chi connectivity index (χ1n) is 9.84. The normalized spacial score (nSPS) is 27.5. The van der Waals surface area contributed by atoms with E-state index in [1.165, 1.54) is 6.33 Å². The number of rotatable bonds is 2. The van der Waals surface area contributed by atoms with Crippen molar-refractivity contribution in [1.29, 1.82) is 0 Å². The third-order valence-electron chi connectivity index (χ3n) is 6.42. The molecule has 3 aliphatic rings. The minimum absolute atomic E-state index is 0.0123. The van der Waals surface area contributed by atoms with E-state index in [-0.39, 0.29) is 5.60 Å². The summed E-state index contributed by atoms with van der Waals surface area (Å²) >= 11 is 0. The summed E-state index contributed by atoms with van der Waals surface area (Å²) in [4.78, 5) is 16.0. The molecule has 1 spiro atoms. The highest BCUT2D eigenvalue weighted by Crippen LogP contribution is 2.40. The second kappa shape index (κ2) is 6.25. The van der Waals surface area contributed by atoms with E-state index in [1.807, 2.05) is 13.0 Å². The number of fused-ring (bicyclic) bond motifs is 1. The van der Waals surface area contributed by atoms with E-state index in [4.69, 9.17) is 15.5 Å². The van der Waals surface area contributed by atoms with E-state index >= 15 is 0 Å². The predicted octanol–water partition coefficient (Wildman–Crippen LogP) is 2.46. The van der Waals surface area contributed by atoms with Crippen LogP contribution < -0.4 is 10.6 Å². The van der Waals surface area contributed by atoms with Crippen molar-refractivity contribution in [3.63, 3.8) is 0 Å². The lowest BCUT2D eigenvalue weighted by molar-refractivity contribution is -0.130. The minimum Gasteiger partial charge on any atom is -0.388 e. The highest BCUT2D eigenvalue weighted by atomic mass is 16.5. The number of ether oxygens (including phenoxy) is 1. The van der Waals surface area contributed by atoms with Crippen LogP contribution in [-0.2, 0) is 4.74 Å². The predicted molar refractivity (Wildman–Crippen MR) is 109 cm³/mol. The number of aliphatic hydroxyl groups excluding tert-OH is 1. The van der Waals surface area contributed by atoms with E-state index in [2.05, 4.69) is 27.9 Å². The van der Waals surface area contributed by atoms with Gasteiger partial charge in [0.2, 0.25) is 0 Å². The number of nitrogens with two attached hydrogens (primary N) is 1. The summed E-state index contributed by atoms with van der Waals surface area (Å²) in [7, 11) is 0. The summed E-state index contributed by atoms with van der Waals surface area (Å²) in [6.07, 6.45) is 5.78. The fourth-order valence-electron chi connectivity index (χ4n) is 4.58. The number of allylic oxidation sites excluding steroid dienone is 2. The van der Waals surface area contributed by atoms with E-state index in [9.17, 15) is 5.11 Å². The molecule has 0 radical (unpaired) electrons. The molecule has 0 unspecified atom stereocenters. The maximum atomic E-state index is 10.4. The molecule has 146 valence electrons. The summed E-state index contributed by atoms with van der Waals surface area (Å²) < 4.78 is 5.87. The first-order chi connectivity index (χ1) is 13.5. The van der Waals surface area contributed by atoms with Crippen LogP contribution in [0.5, 0.6) is 0 Å². The lowest BCUT2D eigenvalue weighted by Crippen LogP contribution is -2.46. The Morgan fingerprint density at radius 1 is 1.29 bits per heavy atom. The molecule has 0 amide bonds. The molecule has 5 rings (SSSR count). The van der Waals surface area contributed by atoms with Crippen molar-refractivity contribution in [3.8, 4) is 0 Å². The molecule has 0 saturated carbocycles. The highest BCUT2D eigenvalue weighted by Gasteiger charge is 2.45. The average Bonchev–Trinajstić information content (AvgIpc) is 3.12. The molecular formula is C21H25N5O2. The van der Waals surface area contributed by atoms with Gasteiger partial charge in [-0.25, -0.2) is 15.0 Å². The van der Waals surface area contributed by atoms with Crippen LogP contribution in [-0.4, -0.2) is 51.5 Å². The van der Waals surface area contributed by atoms with Crippen molar-refractivity contribution in [2.45, 2.75) is 44.8 Å². The Hall–Kier alpha value is -2.51. The smallest absolute Gasteiger partial charge is 0.134 e. The van der Waals surface area contributed by atoms with Crippen LogP contribution in [0.1, 0.15) is 38.8 Å². The second-order valence-corrected chi connectivity index (χ2v) is 8.13. The maximum Gasteiger partial charge on any atom is 0.134 e. The first kappa shape index (κ1) is 17.6. The molecular weight excluding hydrogens is 354 g/mol. The van der Waals surface area contributed by atoms with Crippen molar-refractivity contribution < 1.29 is 9.84 Å². The number of nitrogen functional groups attached to an aromatic ring is 1. The van der Waals surface area contributed by atoms with E-state index in [0.717, 1.165) is 71.7 Å². The Morgan fingerprint density at radius 2 is 2.11 bits per heavy atom. The Morgan fingerprint density at radius 3 is 2.82 bits per heavy atom. The molecule has 1 aliphatic carbocycles. The van der Waals surface area contributed by atoms with Crippen LogP contribution in [0, 0.1) is 0 Å². The maximum absolute atomic E-state index is 10.4. The van der Waals surface area contributed by atoms with E-state index < -0.39 is 6.10 Å². The number of nitrogens with zero attached hydrogens (tertiary/aromatic N) is 4. The van der Waals surface area contributed by atoms with Gasteiger partial charge in [-0.3, -0.25) is 0 Å². The van der Waals surface area contributed by atoms with Gasteiger partial charge >= 0.3 is 0 Å². The zero-order valence-corrected chi connectivity index (χ0v) is 16.3. The van der Waals surface area contributed by atoms with Gasteiger partial charge in [0.15, 0.2) is 0 Å². The fourth-order valence-corrected chi connectivity index (χ4v) is 4.58. The second-order valence-electron chi connectivity index (χ2n) is 8.13. The largest absolute Gasteiger partial charge is 0.388 e. The molecule has 28 heavy (non-hydrogen) atoms. The number of pyridine rings is 1. The number of aliphatic hydroxyl groups is 1. The average molecular weight is 379 g/mol. The van der Waals surface area contributed by atoms with Gasteiger partial charge in [0.1, 0.15) is 23.5 Å². The molecule has 7 heteroatoms. The van der Waals surface area contributed by atoms with Crippen molar-refractivity contribution in [2.24, 2.45) is 0 Å². The van der Waals surface area contributed by atoms with Gasteiger partial charge in [-0.05, 0) is 43.9 Å². The molecule has 0 aromatic carbocycles. The topological polar surface area (TPSA) is 97.4 Å². The van der Waals surface area contributed by atoms with E-state index in [1.54, 1.807) is 0 Å². The number of aromatic nitrogens is 3. The molecule has 3 N–H and O–H groups in total. The molecule has 2 saturated heterocycles. The summed E-state index contributed by atoms with van der Waals surface area (Å²) in [6, 6.07) is 1.99. The first-order valence-corrected chi connectivity index (χ1v) is 9.84. The molecule has 4 heterocycles.